The van der Waals surface area contributed by atoms with Crippen LogP contribution in [0.4, 0.5) is 0 Å². The van der Waals surface area contributed by atoms with Crippen molar-refractivity contribution in [2.24, 2.45) is 5.14 Å². The van der Waals surface area contributed by atoms with Gasteiger partial charge < -0.3 is 4.74 Å². The molecule has 2 N–H and O–H groups in total. The molecule has 0 radical (unpaired) electrons. The van der Waals surface area contributed by atoms with E-state index in [1.54, 1.807) is 11.3 Å². The van der Waals surface area contributed by atoms with Gasteiger partial charge in [0.25, 0.3) is 0 Å². The Morgan fingerprint density at radius 3 is 2.78 bits per heavy atom. The van der Waals surface area contributed by atoms with Gasteiger partial charge in [-0.05, 0) is 24.3 Å². The first-order valence-corrected chi connectivity index (χ1v) is 10.5. The number of thiophene rings is 1. The summed E-state index contributed by atoms with van der Waals surface area (Å²) in [6, 6.07) is 1.30. The van der Waals surface area contributed by atoms with Gasteiger partial charge in [-0.1, -0.05) is 12.8 Å². The van der Waals surface area contributed by atoms with Crippen LogP contribution in [-0.4, -0.2) is 19.4 Å². The van der Waals surface area contributed by atoms with E-state index in [0.29, 0.717) is 11.6 Å². The molecule has 2 aromatic heterocycles. The van der Waals surface area contributed by atoms with E-state index in [0.717, 1.165) is 16.3 Å². The lowest BCUT2D eigenvalue weighted by molar-refractivity contribution is 0.0470. The Hall–Kier alpha value is -1.29. The number of sulfonamides is 1. The second kappa shape index (κ2) is 6.68. The Balaban J connectivity index is 1.64. The van der Waals surface area contributed by atoms with Gasteiger partial charge in [0, 0.05) is 11.3 Å². The maximum absolute atomic E-state index is 12.1. The van der Waals surface area contributed by atoms with Gasteiger partial charge in [0.1, 0.15) is 16.4 Å². The third kappa shape index (κ3) is 3.79. The van der Waals surface area contributed by atoms with Gasteiger partial charge in [0.05, 0.1) is 10.7 Å². The molecular formula is C14H16N2O4S3. The number of hydrogen-bond acceptors (Lipinski definition) is 7. The maximum Gasteiger partial charge on any atom is 0.350 e. The van der Waals surface area contributed by atoms with Crippen molar-refractivity contribution in [3.05, 3.63) is 32.4 Å². The number of esters is 1. The number of hydrogen-bond donors (Lipinski definition) is 1. The van der Waals surface area contributed by atoms with E-state index in [1.807, 2.05) is 5.38 Å². The zero-order valence-electron chi connectivity index (χ0n) is 12.2. The van der Waals surface area contributed by atoms with Gasteiger partial charge >= 0.3 is 5.97 Å². The summed E-state index contributed by atoms with van der Waals surface area (Å²) in [5.74, 6) is -0.171. The predicted octanol–water partition coefficient (Wildman–Crippen LogP) is 2.87. The number of ether oxygens (including phenoxy) is 1. The molecule has 124 valence electrons. The molecule has 1 aliphatic rings. The second-order valence-electron chi connectivity index (χ2n) is 5.39. The normalized spacial score (nSPS) is 15.9. The molecule has 0 unspecified atom stereocenters. The van der Waals surface area contributed by atoms with Crippen LogP contribution in [0.3, 0.4) is 0 Å². The number of aromatic nitrogens is 1. The first-order valence-electron chi connectivity index (χ1n) is 7.17. The number of nitrogens with zero attached hydrogens (tertiary/aromatic N) is 1. The summed E-state index contributed by atoms with van der Waals surface area (Å²) in [6.45, 7) is 0.0318. The molecule has 0 amide bonds. The van der Waals surface area contributed by atoms with E-state index in [1.165, 1.54) is 37.1 Å². The average Bonchev–Trinajstić information content (AvgIpc) is 3.22. The minimum absolute atomic E-state index is 0.00116. The van der Waals surface area contributed by atoms with Gasteiger partial charge in [0.15, 0.2) is 0 Å². The Labute approximate surface area is 142 Å². The largest absolute Gasteiger partial charge is 0.455 e. The molecular weight excluding hydrogens is 356 g/mol. The highest BCUT2D eigenvalue weighted by Gasteiger charge is 2.23. The Kier molecular flexibility index (Phi) is 4.81. The second-order valence-corrected chi connectivity index (χ2v) is 8.73. The number of carbonyl (C=O) groups excluding carboxylic acids is 1. The topological polar surface area (TPSA) is 99.4 Å². The van der Waals surface area contributed by atoms with Crippen LogP contribution in [0.2, 0.25) is 0 Å². The van der Waals surface area contributed by atoms with Crippen molar-refractivity contribution in [3.8, 4) is 0 Å². The Morgan fingerprint density at radius 2 is 2.09 bits per heavy atom. The summed E-state index contributed by atoms with van der Waals surface area (Å²) in [7, 11) is -3.93. The fourth-order valence-electron chi connectivity index (χ4n) is 2.62. The summed E-state index contributed by atoms with van der Waals surface area (Å²) in [5.41, 5.74) is 0.693. The Morgan fingerprint density at radius 1 is 1.35 bits per heavy atom. The van der Waals surface area contributed by atoms with Crippen molar-refractivity contribution in [2.45, 2.75) is 43.1 Å². The lowest BCUT2D eigenvalue weighted by Gasteiger charge is -2.04. The molecule has 1 saturated carbocycles. The van der Waals surface area contributed by atoms with Crippen molar-refractivity contribution < 1.29 is 17.9 Å². The maximum atomic E-state index is 12.1. The van der Waals surface area contributed by atoms with Crippen molar-refractivity contribution >= 4 is 38.7 Å². The first kappa shape index (κ1) is 16.6. The molecule has 2 heterocycles. The molecule has 0 saturated heterocycles. The summed E-state index contributed by atoms with van der Waals surface area (Å²) < 4.78 is 28.0. The predicted molar refractivity (Wildman–Crippen MR) is 88.1 cm³/mol. The SMILES string of the molecule is NS(=O)(=O)c1ccsc1C(=O)OCc1csc(C2CCCC2)n1. The summed E-state index contributed by atoms with van der Waals surface area (Å²) >= 11 is 2.58. The lowest BCUT2D eigenvalue weighted by Crippen LogP contribution is -2.15. The molecule has 0 atom stereocenters. The van der Waals surface area contributed by atoms with Crippen LogP contribution in [-0.2, 0) is 21.4 Å². The van der Waals surface area contributed by atoms with Gasteiger partial charge in [-0.2, -0.15) is 0 Å². The van der Waals surface area contributed by atoms with Crippen molar-refractivity contribution in [1.29, 1.82) is 0 Å². The zero-order chi connectivity index (χ0) is 16.4. The average molecular weight is 372 g/mol. The minimum atomic E-state index is -3.93. The number of carbonyl (C=O) groups is 1. The number of primary sulfonamides is 1. The molecule has 2 aromatic rings. The standard InChI is InChI=1S/C14H16N2O4S3/c15-23(18,19)11-5-6-21-12(11)14(17)20-7-10-8-22-13(16-10)9-3-1-2-4-9/h5-6,8-9H,1-4,7H2,(H2,15,18,19). The number of rotatable bonds is 5. The monoisotopic (exact) mass is 372 g/mol. The molecule has 1 fully saturated rings. The highest BCUT2D eigenvalue weighted by atomic mass is 32.2. The molecule has 0 spiro atoms. The highest BCUT2D eigenvalue weighted by Crippen LogP contribution is 2.35. The quantitative estimate of drug-likeness (QED) is 0.814. The van der Waals surface area contributed by atoms with Crippen molar-refractivity contribution in [3.63, 3.8) is 0 Å². The third-order valence-corrected chi connectivity index (χ3v) is 6.78. The van der Waals surface area contributed by atoms with E-state index in [4.69, 9.17) is 9.88 Å². The summed E-state index contributed by atoms with van der Waals surface area (Å²) in [4.78, 5) is 16.4. The van der Waals surface area contributed by atoms with Crippen LogP contribution in [0.15, 0.2) is 21.7 Å². The van der Waals surface area contributed by atoms with Crippen LogP contribution < -0.4 is 5.14 Å². The van der Waals surface area contributed by atoms with Gasteiger partial charge in [0.2, 0.25) is 10.0 Å². The van der Waals surface area contributed by atoms with E-state index in [-0.39, 0.29) is 16.4 Å². The number of nitrogens with two attached hydrogens (primary N) is 1. The van der Waals surface area contributed by atoms with Crippen LogP contribution in [0, 0.1) is 0 Å². The van der Waals surface area contributed by atoms with Crippen molar-refractivity contribution in [2.75, 3.05) is 0 Å². The molecule has 0 aliphatic heterocycles. The lowest BCUT2D eigenvalue weighted by atomic mass is 10.1. The molecule has 3 rings (SSSR count). The van der Waals surface area contributed by atoms with E-state index < -0.39 is 16.0 Å². The van der Waals surface area contributed by atoms with E-state index in [9.17, 15) is 13.2 Å². The van der Waals surface area contributed by atoms with Crippen LogP contribution >= 0.6 is 22.7 Å². The smallest absolute Gasteiger partial charge is 0.350 e. The minimum Gasteiger partial charge on any atom is -0.455 e. The van der Waals surface area contributed by atoms with Crippen molar-refractivity contribution in [1.82, 2.24) is 4.98 Å². The fraction of sp³-hybridized carbons (Fsp3) is 0.429. The Bertz CT molecular complexity index is 804. The molecule has 23 heavy (non-hydrogen) atoms. The van der Waals surface area contributed by atoms with Gasteiger partial charge in [-0.15, -0.1) is 22.7 Å². The summed E-state index contributed by atoms with van der Waals surface area (Å²) in [5, 5.41) is 9.56. The number of thiazole rings is 1. The fourth-order valence-corrected chi connectivity index (χ4v) is 5.46. The van der Waals surface area contributed by atoms with Crippen LogP contribution in [0.25, 0.3) is 0 Å². The zero-order valence-corrected chi connectivity index (χ0v) is 14.7. The molecule has 1 aliphatic carbocycles. The molecule has 0 bridgehead atoms. The van der Waals surface area contributed by atoms with Gasteiger partial charge in [-0.25, -0.2) is 23.3 Å². The van der Waals surface area contributed by atoms with E-state index >= 15 is 0 Å². The summed E-state index contributed by atoms with van der Waals surface area (Å²) in [6.07, 6.45) is 4.81. The van der Waals surface area contributed by atoms with E-state index in [2.05, 4.69) is 4.98 Å². The van der Waals surface area contributed by atoms with Crippen LogP contribution in [0.1, 0.15) is 52.0 Å². The third-order valence-electron chi connectivity index (χ3n) is 3.75. The van der Waals surface area contributed by atoms with Gasteiger partial charge in [-0.3, -0.25) is 0 Å². The molecule has 9 heteroatoms. The van der Waals surface area contributed by atoms with Crippen LogP contribution in [0.5, 0.6) is 0 Å². The first-order chi connectivity index (χ1) is 10.9. The molecule has 6 nitrogen and oxygen atoms in total. The molecule has 0 aromatic carbocycles. The highest BCUT2D eigenvalue weighted by molar-refractivity contribution is 7.89.